The van der Waals surface area contributed by atoms with Crippen LogP contribution in [0.1, 0.15) is 45.1 Å². The van der Waals surface area contributed by atoms with Crippen molar-refractivity contribution in [2.45, 2.75) is 56.7 Å². The Morgan fingerprint density at radius 3 is 2.42 bits per heavy atom. The topological polar surface area (TPSA) is 74.0 Å². The third-order valence-corrected chi connectivity index (χ3v) is 7.35. The van der Waals surface area contributed by atoms with E-state index in [1.54, 1.807) is 23.0 Å². The first-order valence-corrected chi connectivity index (χ1v) is 12.6. The molecule has 2 aliphatic heterocycles. The third-order valence-electron chi connectivity index (χ3n) is 7.35. The number of carbonyl (C=O) groups is 1. The van der Waals surface area contributed by atoms with Gasteiger partial charge in [0.2, 0.25) is 5.91 Å². The van der Waals surface area contributed by atoms with Crippen molar-refractivity contribution in [2.75, 3.05) is 18.1 Å². The molecule has 1 N–H and O–H groups in total. The Morgan fingerprint density at radius 2 is 1.78 bits per heavy atom. The Bertz CT molecular complexity index is 1190. The number of piperidine rings is 1. The molecule has 2 atom stereocenters. The van der Waals surface area contributed by atoms with Crippen molar-refractivity contribution in [3.05, 3.63) is 72.8 Å². The van der Waals surface area contributed by atoms with Crippen LogP contribution in [-0.4, -0.2) is 56.6 Å². The summed E-state index contributed by atoms with van der Waals surface area (Å²) in [6.07, 6.45) is 8.38. The molecule has 2 aliphatic rings. The molecule has 0 bridgehead atoms. The van der Waals surface area contributed by atoms with Gasteiger partial charge in [0.05, 0.1) is 23.4 Å². The van der Waals surface area contributed by atoms with Crippen molar-refractivity contribution >= 4 is 17.8 Å². The number of benzene rings is 2. The fourth-order valence-corrected chi connectivity index (χ4v) is 5.18. The summed E-state index contributed by atoms with van der Waals surface area (Å²) in [6, 6.07) is 16.4. The van der Waals surface area contributed by atoms with Crippen LogP contribution in [0.2, 0.25) is 0 Å². The molecule has 1 amide bonds. The van der Waals surface area contributed by atoms with Crippen LogP contribution in [0.5, 0.6) is 0 Å². The van der Waals surface area contributed by atoms with Crippen LogP contribution in [-0.2, 0) is 4.79 Å². The molecule has 5 rings (SSSR count). The maximum atomic E-state index is 13.2. The minimum atomic E-state index is -0.824. The average Bonchev–Trinajstić information content (AvgIpc) is 3.58. The number of anilines is 1. The van der Waals surface area contributed by atoms with Gasteiger partial charge in [-0.1, -0.05) is 24.3 Å². The van der Waals surface area contributed by atoms with Gasteiger partial charge >= 0.3 is 0 Å². The number of carbonyl (C=O) groups excluding carboxylic acids is 1. The lowest BCUT2D eigenvalue weighted by molar-refractivity contribution is -0.136. The van der Waals surface area contributed by atoms with Gasteiger partial charge in [0.25, 0.3) is 0 Å². The quantitative estimate of drug-likeness (QED) is 0.524. The molecule has 36 heavy (non-hydrogen) atoms. The number of amides is 1. The van der Waals surface area contributed by atoms with Crippen molar-refractivity contribution in [1.82, 2.24) is 14.7 Å². The zero-order valence-electron chi connectivity index (χ0n) is 20.5. The maximum Gasteiger partial charge on any atom is 0.224 e. The van der Waals surface area contributed by atoms with Crippen LogP contribution in [0, 0.1) is 5.82 Å². The van der Waals surface area contributed by atoms with Gasteiger partial charge in [0.1, 0.15) is 5.82 Å². The second kappa shape index (κ2) is 10.2. The van der Waals surface area contributed by atoms with Crippen molar-refractivity contribution in [1.29, 1.82) is 0 Å². The summed E-state index contributed by atoms with van der Waals surface area (Å²) >= 11 is 0. The lowest BCUT2D eigenvalue weighted by Crippen LogP contribution is -2.49. The van der Waals surface area contributed by atoms with E-state index in [0.717, 1.165) is 23.2 Å². The Kier molecular flexibility index (Phi) is 6.87. The molecular weight excluding hydrogens is 457 g/mol. The monoisotopic (exact) mass is 489 g/mol. The number of hydrazone groups is 1. The average molecular weight is 490 g/mol. The van der Waals surface area contributed by atoms with E-state index in [0.29, 0.717) is 38.8 Å². The Morgan fingerprint density at radius 1 is 1.11 bits per heavy atom. The van der Waals surface area contributed by atoms with E-state index in [4.69, 9.17) is 0 Å². The van der Waals surface area contributed by atoms with Gasteiger partial charge in [0.15, 0.2) is 0 Å². The second-order valence-corrected chi connectivity index (χ2v) is 9.93. The van der Waals surface area contributed by atoms with Gasteiger partial charge in [-0.15, -0.1) is 0 Å². The number of aliphatic hydroxyl groups is 1. The number of likely N-dealkylation sites (tertiary alicyclic amines) is 1. The first-order chi connectivity index (χ1) is 17.4. The molecule has 3 aromatic rings. The van der Waals surface area contributed by atoms with Gasteiger partial charge < -0.3 is 10.0 Å². The fourth-order valence-electron chi connectivity index (χ4n) is 5.18. The number of aromatic nitrogens is 2. The minimum absolute atomic E-state index is 0.00644. The van der Waals surface area contributed by atoms with Crippen LogP contribution in [0.3, 0.4) is 0 Å². The summed E-state index contributed by atoms with van der Waals surface area (Å²) in [5, 5.41) is 22.2. The van der Waals surface area contributed by atoms with Crippen molar-refractivity contribution in [3.8, 4) is 11.1 Å². The number of hydrogen-bond donors (Lipinski definition) is 1. The van der Waals surface area contributed by atoms with E-state index in [2.05, 4.69) is 10.2 Å². The number of nitrogens with zero attached hydrogens (tertiary/aromatic N) is 5. The molecule has 2 aromatic carbocycles. The summed E-state index contributed by atoms with van der Waals surface area (Å²) in [6.45, 7) is 3.11. The summed E-state index contributed by atoms with van der Waals surface area (Å²) in [7, 11) is 0. The van der Waals surface area contributed by atoms with Gasteiger partial charge in [-0.3, -0.25) is 14.5 Å². The molecule has 1 unspecified atom stereocenters. The summed E-state index contributed by atoms with van der Waals surface area (Å²) in [4.78, 5) is 14.7. The van der Waals surface area contributed by atoms with Gasteiger partial charge in [-0.2, -0.15) is 10.2 Å². The molecule has 0 radical (unpaired) electrons. The molecule has 8 heteroatoms. The van der Waals surface area contributed by atoms with Crippen molar-refractivity contribution < 1.29 is 14.3 Å². The van der Waals surface area contributed by atoms with Crippen molar-refractivity contribution in [2.24, 2.45) is 5.10 Å². The number of halogens is 1. The van der Waals surface area contributed by atoms with Gasteiger partial charge in [-0.25, -0.2) is 4.39 Å². The molecule has 1 saturated heterocycles. The zero-order chi connectivity index (χ0) is 25.1. The molecule has 0 spiro atoms. The molecule has 0 saturated carbocycles. The van der Waals surface area contributed by atoms with Crippen LogP contribution in [0.4, 0.5) is 10.1 Å². The van der Waals surface area contributed by atoms with E-state index in [1.807, 2.05) is 59.6 Å². The molecule has 0 aliphatic carbocycles. The zero-order valence-corrected chi connectivity index (χ0v) is 20.5. The highest BCUT2D eigenvalue weighted by Gasteiger charge is 2.38. The Balaban J connectivity index is 1.17. The van der Waals surface area contributed by atoms with E-state index < -0.39 is 5.60 Å². The van der Waals surface area contributed by atoms with E-state index in [1.165, 1.54) is 12.1 Å². The second-order valence-electron chi connectivity index (χ2n) is 9.93. The molecule has 3 heterocycles. The standard InChI is InChI=1S/C28H32FN5O2/c1-21(33-16-2-14-30-33)19-27(35)32-17-12-28(36,13-18-32)20-26-11-15-31-34(26)25-9-5-23(6-10-25)22-3-7-24(29)8-4-22/h2-10,14-16,21,26,36H,11-13,17-20H2,1H3/t21-,26?/m1/s1. The van der Waals surface area contributed by atoms with Crippen LogP contribution in [0.15, 0.2) is 72.1 Å². The predicted octanol–water partition coefficient (Wildman–Crippen LogP) is 4.65. The lowest BCUT2D eigenvalue weighted by atomic mass is 9.84. The number of rotatable bonds is 7. The van der Waals surface area contributed by atoms with Crippen molar-refractivity contribution in [3.63, 3.8) is 0 Å². The van der Waals surface area contributed by atoms with Crippen LogP contribution < -0.4 is 5.01 Å². The number of hydrogen-bond acceptors (Lipinski definition) is 5. The van der Waals surface area contributed by atoms with E-state index in [-0.39, 0.29) is 23.8 Å². The Labute approximate surface area is 210 Å². The molecular formula is C28H32FN5O2. The first kappa shape index (κ1) is 24.2. The highest BCUT2D eigenvalue weighted by molar-refractivity contribution is 5.76. The normalized spacial score (nSPS) is 20.0. The lowest BCUT2D eigenvalue weighted by Gasteiger charge is -2.41. The summed E-state index contributed by atoms with van der Waals surface area (Å²) in [5.41, 5.74) is 2.10. The SMILES string of the molecule is C[C@H](CC(=O)N1CCC(O)(CC2CC=NN2c2ccc(-c3ccc(F)cc3)cc2)CC1)n1cccn1. The fraction of sp³-hybridized carbons (Fsp3) is 0.393. The highest BCUT2D eigenvalue weighted by atomic mass is 19.1. The first-order valence-electron chi connectivity index (χ1n) is 12.6. The largest absolute Gasteiger partial charge is 0.390 e. The van der Waals surface area contributed by atoms with Crippen LogP contribution in [0.25, 0.3) is 11.1 Å². The van der Waals surface area contributed by atoms with Crippen LogP contribution >= 0.6 is 0 Å². The minimum Gasteiger partial charge on any atom is -0.390 e. The predicted molar refractivity (Wildman–Crippen MR) is 138 cm³/mol. The molecule has 1 aromatic heterocycles. The molecule has 1 fully saturated rings. The maximum absolute atomic E-state index is 13.2. The van der Waals surface area contributed by atoms with E-state index in [9.17, 15) is 14.3 Å². The summed E-state index contributed by atoms with van der Waals surface area (Å²) in [5.74, 6) is -0.145. The smallest absolute Gasteiger partial charge is 0.224 e. The van der Waals surface area contributed by atoms with Gasteiger partial charge in [0, 0.05) is 44.5 Å². The van der Waals surface area contributed by atoms with Gasteiger partial charge in [-0.05, 0) is 67.6 Å². The third kappa shape index (κ3) is 5.33. The molecule has 7 nitrogen and oxygen atoms in total. The highest BCUT2D eigenvalue weighted by Crippen LogP contribution is 2.34. The summed E-state index contributed by atoms with van der Waals surface area (Å²) < 4.78 is 15.0. The van der Waals surface area contributed by atoms with E-state index >= 15 is 0 Å². The molecule has 188 valence electrons. The Hall–Kier alpha value is -3.52.